The van der Waals surface area contributed by atoms with Crippen LogP contribution in [0.15, 0.2) is 0 Å². The molecule has 4 heteroatoms. The summed E-state index contributed by atoms with van der Waals surface area (Å²) in [5.41, 5.74) is 0.146. The summed E-state index contributed by atoms with van der Waals surface area (Å²) in [5, 5.41) is 6.03. The normalized spacial score (nSPS) is 12.1. The highest BCUT2D eigenvalue weighted by Crippen LogP contribution is 2.29. The fraction of sp³-hybridized carbons (Fsp3) is 0.571. The van der Waals surface area contributed by atoms with Crippen LogP contribution >= 0.6 is 11.6 Å². The SMILES string of the molecule is CC(C)(C)c1c(F)n[nH]c1Cl. The number of H-pyrrole nitrogens is 1. The Labute approximate surface area is 69.8 Å². The lowest BCUT2D eigenvalue weighted by Gasteiger charge is -2.16. The average Bonchev–Trinajstić information content (AvgIpc) is 2.08. The first-order valence-electron chi connectivity index (χ1n) is 3.33. The third kappa shape index (κ3) is 1.53. The summed E-state index contributed by atoms with van der Waals surface area (Å²) in [6.07, 6.45) is 0. The molecule has 1 aromatic rings. The van der Waals surface area contributed by atoms with Crippen LogP contribution in [-0.4, -0.2) is 10.2 Å². The molecule has 0 saturated carbocycles. The maximum Gasteiger partial charge on any atom is 0.237 e. The summed E-state index contributed by atoms with van der Waals surface area (Å²) in [4.78, 5) is 0. The fourth-order valence-electron chi connectivity index (χ4n) is 0.939. The van der Waals surface area contributed by atoms with E-state index >= 15 is 0 Å². The minimum Gasteiger partial charge on any atom is -0.264 e. The molecule has 1 aromatic heterocycles. The number of aromatic amines is 1. The van der Waals surface area contributed by atoms with E-state index in [1.807, 2.05) is 20.8 Å². The summed E-state index contributed by atoms with van der Waals surface area (Å²) < 4.78 is 12.9. The van der Waals surface area contributed by atoms with Gasteiger partial charge in [-0.05, 0) is 5.41 Å². The van der Waals surface area contributed by atoms with Crippen LogP contribution in [0.25, 0.3) is 0 Å². The number of aromatic nitrogens is 2. The standard InChI is InChI=1S/C7H10ClFN2/c1-7(2,3)4-5(8)10-11-6(4)9/h1-3H3,(H,10,11). The van der Waals surface area contributed by atoms with Crippen LogP contribution in [0.2, 0.25) is 5.15 Å². The Balaban J connectivity index is 3.21. The molecule has 0 saturated heterocycles. The van der Waals surface area contributed by atoms with E-state index in [1.165, 1.54) is 0 Å². The second-order valence-corrected chi connectivity index (χ2v) is 3.83. The molecule has 0 amide bonds. The predicted molar refractivity (Wildman–Crippen MR) is 42.3 cm³/mol. The first-order valence-corrected chi connectivity index (χ1v) is 3.70. The molecule has 1 N–H and O–H groups in total. The number of nitrogens with zero attached hydrogens (tertiary/aromatic N) is 1. The maximum absolute atomic E-state index is 12.9. The molecule has 0 atom stereocenters. The average molecular weight is 177 g/mol. The van der Waals surface area contributed by atoms with Crippen LogP contribution in [0.5, 0.6) is 0 Å². The number of halogens is 2. The zero-order valence-corrected chi connectivity index (χ0v) is 7.46. The summed E-state index contributed by atoms with van der Waals surface area (Å²) in [7, 11) is 0. The molecule has 11 heavy (non-hydrogen) atoms. The van der Waals surface area contributed by atoms with E-state index < -0.39 is 5.95 Å². The zero-order chi connectivity index (χ0) is 8.65. The van der Waals surface area contributed by atoms with Crippen LogP contribution in [-0.2, 0) is 5.41 Å². The molecule has 0 radical (unpaired) electrons. The van der Waals surface area contributed by atoms with E-state index in [4.69, 9.17) is 11.6 Å². The molecule has 0 spiro atoms. The van der Waals surface area contributed by atoms with E-state index in [1.54, 1.807) is 0 Å². The van der Waals surface area contributed by atoms with Crippen LogP contribution in [0.1, 0.15) is 26.3 Å². The van der Waals surface area contributed by atoms with Gasteiger partial charge in [0, 0.05) is 0 Å². The lowest BCUT2D eigenvalue weighted by molar-refractivity contribution is 0.507. The van der Waals surface area contributed by atoms with Crippen molar-refractivity contribution in [3.05, 3.63) is 16.7 Å². The third-order valence-electron chi connectivity index (χ3n) is 1.43. The van der Waals surface area contributed by atoms with E-state index in [2.05, 4.69) is 10.2 Å². The monoisotopic (exact) mass is 176 g/mol. The molecule has 1 rings (SSSR count). The van der Waals surface area contributed by atoms with Gasteiger partial charge in [-0.1, -0.05) is 32.4 Å². The Morgan fingerprint density at radius 2 is 2.00 bits per heavy atom. The highest BCUT2D eigenvalue weighted by molar-refractivity contribution is 6.30. The zero-order valence-electron chi connectivity index (χ0n) is 6.70. The minimum atomic E-state index is -0.512. The van der Waals surface area contributed by atoms with Gasteiger partial charge in [-0.3, -0.25) is 5.10 Å². The molecule has 2 nitrogen and oxygen atoms in total. The number of rotatable bonds is 0. The highest BCUT2D eigenvalue weighted by Gasteiger charge is 2.24. The van der Waals surface area contributed by atoms with E-state index in [9.17, 15) is 4.39 Å². The fourth-order valence-corrected chi connectivity index (χ4v) is 1.34. The van der Waals surface area contributed by atoms with Crippen LogP contribution in [0, 0.1) is 5.95 Å². The van der Waals surface area contributed by atoms with Gasteiger partial charge in [-0.2, -0.15) is 4.39 Å². The van der Waals surface area contributed by atoms with Crippen molar-refractivity contribution in [1.82, 2.24) is 10.2 Å². The van der Waals surface area contributed by atoms with Gasteiger partial charge in [-0.25, -0.2) is 0 Å². The van der Waals surface area contributed by atoms with Crippen LogP contribution in [0.3, 0.4) is 0 Å². The molecule has 1 heterocycles. The second kappa shape index (κ2) is 2.48. The molecule has 0 aliphatic carbocycles. The largest absolute Gasteiger partial charge is 0.264 e. The van der Waals surface area contributed by atoms with Gasteiger partial charge in [0.2, 0.25) is 5.95 Å². The Morgan fingerprint density at radius 1 is 1.45 bits per heavy atom. The predicted octanol–water partition coefficient (Wildman–Crippen LogP) is 2.50. The maximum atomic E-state index is 12.9. The Bertz CT molecular complexity index is 242. The van der Waals surface area contributed by atoms with Gasteiger partial charge in [0.25, 0.3) is 0 Å². The number of hydrogen-bond acceptors (Lipinski definition) is 1. The van der Waals surface area contributed by atoms with Crippen LogP contribution < -0.4 is 0 Å². The van der Waals surface area contributed by atoms with Gasteiger partial charge in [-0.15, -0.1) is 5.10 Å². The quantitative estimate of drug-likeness (QED) is 0.647. The van der Waals surface area contributed by atoms with Crippen molar-refractivity contribution in [3.8, 4) is 0 Å². The summed E-state index contributed by atoms with van der Waals surface area (Å²) in [6.45, 7) is 5.65. The van der Waals surface area contributed by atoms with Gasteiger partial charge in [0.1, 0.15) is 5.15 Å². The highest BCUT2D eigenvalue weighted by atomic mass is 35.5. The van der Waals surface area contributed by atoms with Crippen molar-refractivity contribution >= 4 is 11.6 Å². The summed E-state index contributed by atoms with van der Waals surface area (Å²) in [6, 6.07) is 0. The van der Waals surface area contributed by atoms with Gasteiger partial charge in [0.15, 0.2) is 0 Å². The van der Waals surface area contributed by atoms with Gasteiger partial charge < -0.3 is 0 Å². The van der Waals surface area contributed by atoms with Crippen molar-refractivity contribution in [2.45, 2.75) is 26.2 Å². The van der Waals surface area contributed by atoms with E-state index in [-0.39, 0.29) is 10.6 Å². The Hall–Kier alpha value is -0.570. The van der Waals surface area contributed by atoms with Crippen molar-refractivity contribution in [2.75, 3.05) is 0 Å². The van der Waals surface area contributed by atoms with Crippen LogP contribution in [0.4, 0.5) is 4.39 Å². The molecule has 0 bridgehead atoms. The molecule has 0 unspecified atom stereocenters. The third-order valence-corrected chi connectivity index (χ3v) is 1.70. The molecule has 0 fully saturated rings. The lowest BCUT2D eigenvalue weighted by atomic mass is 9.89. The van der Waals surface area contributed by atoms with Crippen molar-refractivity contribution in [1.29, 1.82) is 0 Å². The molecule has 0 aliphatic heterocycles. The molecule has 62 valence electrons. The number of hydrogen-bond donors (Lipinski definition) is 1. The molecular formula is C7H10ClFN2. The molecular weight excluding hydrogens is 167 g/mol. The second-order valence-electron chi connectivity index (χ2n) is 3.45. The molecule has 0 aliphatic rings. The van der Waals surface area contributed by atoms with Gasteiger partial charge >= 0.3 is 0 Å². The minimum absolute atomic E-state index is 0.287. The smallest absolute Gasteiger partial charge is 0.237 e. The van der Waals surface area contributed by atoms with Crippen molar-refractivity contribution < 1.29 is 4.39 Å². The summed E-state index contributed by atoms with van der Waals surface area (Å²) >= 11 is 5.67. The lowest BCUT2D eigenvalue weighted by Crippen LogP contribution is -2.12. The first-order chi connectivity index (χ1) is 4.93. The Kier molecular flexibility index (Phi) is 1.92. The van der Waals surface area contributed by atoms with Gasteiger partial charge in [0.05, 0.1) is 5.56 Å². The topological polar surface area (TPSA) is 28.7 Å². The number of nitrogens with one attached hydrogen (secondary N) is 1. The summed E-state index contributed by atoms with van der Waals surface area (Å²) in [5.74, 6) is -0.512. The van der Waals surface area contributed by atoms with E-state index in [0.29, 0.717) is 5.56 Å². The van der Waals surface area contributed by atoms with E-state index in [0.717, 1.165) is 0 Å². The molecule has 0 aromatic carbocycles. The van der Waals surface area contributed by atoms with Crippen molar-refractivity contribution in [2.24, 2.45) is 0 Å². The van der Waals surface area contributed by atoms with Crippen molar-refractivity contribution in [3.63, 3.8) is 0 Å². The first kappa shape index (κ1) is 8.53. The Morgan fingerprint density at radius 3 is 2.18 bits per heavy atom.